The van der Waals surface area contributed by atoms with E-state index in [4.69, 9.17) is 0 Å². The molecule has 0 unspecified atom stereocenters. The Kier molecular flexibility index (Phi) is 3.63. The fraction of sp³-hybridized carbons (Fsp3) is 0.200. The van der Waals surface area contributed by atoms with E-state index in [2.05, 4.69) is 4.98 Å². The number of benzene rings is 1. The van der Waals surface area contributed by atoms with Gasteiger partial charge in [0.05, 0.1) is 5.69 Å². The van der Waals surface area contributed by atoms with E-state index >= 15 is 0 Å². The van der Waals surface area contributed by atoms with E-state index in [0.717, 1.165) is 20.6 Å². The fourth-order valence-electron chi connectivity index (χ4n) is 2.48. The smallest absolute Gasteiger partial charge is 0.435 e. The van der Waals surface area contributed by atoms with Crippen molar-refractivity contribution < 1.29 is 23.1 Å². The number of hydrogen-bond acceptors (Lipinski definition) is 3. The molecule has 3 rings (SSSR count). The number of alkyl halides is 3. The van der Waals surface area contributed by atoms with Gasteiger partial charge in [-0.1, -0.05) is 37.3 Å². The SMILES string of the molecule is CCc1sc2nc(C(F)(F)F)c(C(=O)O)n2c1-c1ccccc1. The van der Waals surface area contributed by atoms with Crippen LogP contribution in [0.4, 0.5) is 13.2 Å². The minimum absolute atomic E-state index is 0.0328. The fourth-order valence-corrected chi connectivity index (χ4v) is 3.56. The number of halogens is 3. The Morgan fingerprint density at radius 1 is 1.30 bits per heavy atom. The van der Waals surface area contributed by atoms with E-state index < -0.39 is 23.5 Å². The number of hydrogen-bond donors (Lipinski definition) is 1. The standard InChI is InChI=1S/C15H11F3N2O2S/c1-2-9-10(8-6-4-3-5-7-8)20-11(13(21)22)12(15(16,17)18)19-14(20)23-9/h3-7H,2H2,1H3,(H,21,22). The van der Waals surface area contributed by atoms with Gasteiger partial charge in [-0.3, -0.25) is 4.40 Å². The molecular weight excluding hydrogens is 329 g/mol. The highest BCUT2D eigenvalue weighted by atomic mass is 32.1. The van der Waals surface area contributed by atoms with Gasteiger partial charge in [0.2, 0.25) is 0 Å². The highest BCUT2D eigenvalue weighted by Crippen LogP contribution is 2.38. The molecule has 0 saturated heterocycles. The van der Waals surface area contributed by atoms with Gasteiger partial charge in [-0.05, 0) is 12.0 Å². The molecule has 3 aromatic rings. The van der Waals surface area contributed by atoms with Crippen LogP contribution >= 0.6 is 11.3 Å². The molecule has 2 heterocycles. The summed E-state index contributed by atoms with van der Waals surface area (Å²) >= 11 is 1.08. The second kappa shape index (κ2) is 5.38. The van der Waals surface area contributed by atoms with Crippen LogP contribution in [0.15, 0.2) is 30.3 Å². The molecule has 0 saturated carbocycles. The summed E-state index contributed by atoms with van der Waals surface area (Å²) in [4.78, 5) is 15.8. The van der Waals surface area contributed by atoms with Gasteiger partial charge in [0.1, 0.15) is 0 Å². The number of aryl methyl sites for hydroxylation is 1. The monoisotopic (exact) mass is 340 g/mol. The first kappa shape index (κ1) is 15.5. The van der Waals surface area contributed by atoms with Crippen LogP contribution in [0.2, 0.25) is 0 Å². The van der Waals surface area contributed by atoms with Crippen LogP contribution in [0.1, 0.15) is 28.0 Å². The van der Waals surface area contributed by atoms with Crippen molar-refractivity contribution in [1.29, 1.82) is 0 Å². The predicted octanol–water partition coefficient (Wildman–Crippen LogP) is 4.34. The highest BCUT2D eigenvalue weighted by molar-refractivity contribution is 7.17. The molecule has 2 aromatic heterocycles. The lowest BCUT2D eigenvalue weighted by atomic mass is 10.1. The molecule has 0 aliphatic rings. The van der Waals surface area contributed by atoms with Crippen molar-refractivity contribution in [3.63, 3.8) is 0 Å². The molecule has 0 bridgehead atoms. The molecule has 1 N–H and O–H groups in total. The van der Waals surface area contributed by atoms with E-state index in [9.17, 15) is 23.1 Å². The molecule has 0 fully saturated rings. The molecule has 23 heavy (non-hydrogen) atoms. The summed E-state index contributed by atoms with van der Waals surface area (Å²) in [6, 6.07) is 8.76. The number of rotatable bonds is 3. The lowest BCUT2D eigenvalue weighted by Gasteiger charge is -2.07. The number of carboxylic acids is 1. The van der Waals surface area contributed by atoms with Crippen molar-refractivity contribution >= 4 is 22.3 Å². The molecule has 0 spiro atoms. The zero-order chi connectivity index (χ0) is 16.8. The summed E-state index contributed by atoms with van der Waals surface area (Å²) in [5.74, 6) is -1.65. The van der Waals surface area contributed by atoms with Gasteiger partial charge in [-0.15, -0.1) is 11.3 Å². The van der Waals surface area contributed by atoms with Gasteiger partial charge in [0.25, 0.3) is 0 Å². The van der Waals surface area contributed by atoms with Crippen LogP contribution < -0.4 is 0 Å². The first-order valence-corrected chi connectivity index (χ1v) is 7.56. The Labute approximate surface area is 132 Å². The molecular formula is C15H11F3N2O2S. The minimum Gasteiger partial charge on any atom is -0.476 e. The van der Waals surface area contributed by atoms with Crippen LogP contribution in [-0.4, -0.2) is 20.5 Å². The summed E-state index contributed by atoms with van der Waals surface area (Å²) in [6.07, 6.45) is -4.25. The number of thiazole rings is 1. The van der Waals surface area contributed by atoms with Crippen molar-refractivity contribution in [2.75, 3.05) is 0 Å². The van der Waals surface area contributed by atoms with Gasteiger partial charge in [0.15, 0.2) is 16.3 Å². The summed E-state index contributed by atoms with van der Waals surface area (Å²) in [6.45, 7) is 1.86. The molecule has 0 amide bonds. The average molecular weight is 340 g/mol. The van der Waals surface area contributed by atoms with E-state index in [1.807, 2.05) is 6.92 Å². The molecule has 1 aromatic carbocycles. The first-order valence-electron chi connectivity index (χ1n) is 6.74. The van der Waals surface area contributed by atoms with E-state index in [1.165, 1.54) is 0 Å². The van der Waals surface area contributed by atoms with Crippen LogP contribution in [0.3, 0.4) is 0 Å². The number of nitrogens with zero attached hydrogens (tertiary/aromatic N) is 2. The third-order valence-electron chi connectivity index (χ3n) is 3.39. The van der Waals surface area contributed by atoms with Crippen LogP contribution in [-0.2, 0) is 12.6 Å². The van der Waals surface area contributed by atoms with Crippen LogP contribution in [0.25, 0.3) is 16.2 Å². The predicted molar refractivity (Wildman–Crippen MR) is 79.8 cm³/mol. The van der Waals surface area contributed by atoms with Crippen molar-refractivity contribution in [2.45, 2.75) is 19.5 Å². The van der Waals surface area contributed by atoms with Crippen LogP contribution in [0, 0.1) is 0 Å². The number of fused-ring (bicyclic) bond motifs is 1. The van der Waals surface area contributed by atoms with Crippen molar-refractivity contribution in [1.82, 2.24) is 9.38 Å². The van der Waals surface area contributed by atoms with Gasteiger partial charge in [-0.25, -0.2) is 9.78 Å². The Morgan fingerprint density at radius 2 is 1.96 bits per heavy atom. The number of imidazole rings is 1. The zero-order valence-corrected chi connectivity index (χ0v) is 12.7. The minimum atomic E-state index is -4.82. The first-order chi connectivity index (χ1) is 10.8. The van der Waals surface area contributed by atoms with Gasteiger partial charge in [-0.2, -0.15) is 13.2 Å². The maximum Gasteiger partial charge on any atom is 0.435 e. The Hall–Kier alpha value is -2.35. The van der Waals surface area contributed by atoms with Gasteiger partial charge in [0, 0.05) is 4.88 Å². The highest BCUT2D eigenvalue weighted by Gasteiger charge is 2.41. The zero-order valence-electron chi connectivity index (χ0n) is 11.9. The quantitative estimate of drug-likeness (QED) is 0.771. The Balaban J connectivity index is 2.43. The number of carboxylic acid groups (broad SMARTS) is 1. The lowest BCUT2D eigenvalue weighted by Crippen LogP contribution is -2.14. The molecule has 0 atom stereocenters. The largest absolute Gasteiger partial charge is 0.476 e. The number of carbonyl (C=O) groups is 1. The van der Waals surface area contributed by atoms with E-state index in [0.29, 0.717) is 17.7 Å². The molecule has 120 valence electrons. The van der Waals surface area contributed by atoms with Crippen molar-refractivity contribution in [3.05, 3.63) is 46.6 Å². The number of aromatic nitrogens is 2. The summed E-state index contributed by atoms with van der Waals surface area (Å²) in [5, 5.41) is 9.31. The maximum atomic E-state index is 13.1. The van der Waals surface area contributed by atoms with Gasteiger partial charge >= 0.3 is 12.1 Å². The third-order valence-corrected chi connectivity index (χ3v) is 4.57. The Morgan fingerprint density at radius 3 is 2.48 bits per heavy atom. The summed E-state index contributed by atoms with van der Waals surface area (Å²) in [7, 11) is 0. The normalized spacial score (nSPS) is 12.0. The molecule has 4 nitrogen and oxygen atoms in total. The van der Waals surface area contributed by atoms with E-state index in [1.54, 1.807) is 30.3 Å². The Bertz CT molecular complexity index is 882. The third kappa shape index (κ3) is 2.48. The average Bonchev–Trinajstić information content (AvgIpc) is 3.02. The topological polar surface area (TPSA) is 54.6 Å². The van der Waals surface area contributed by atoms with Crippen LogP contribution in [0.5, 0.6) is 0 Å². The molecule has 0 aliphatic carbocycles. The second-order valence-electron chi connectivity index (χ2n) is 4.82. The molecule has 8 heteroatoms. The van der Waals surface area contributed by atoms with E-state index in [-0.39, 0.29) is 4.96 Å². The molecule has 0 aliphatic heterocycles. The second-order valence-corrected chi connectivity index (χ2v) is 5.89. The van der Waals surface area contributed by atoms with Crippen molar-refractivity contribution in [2.24, 2.45) is 0 Å². The summed E-state index contributed by atoms with van der Waals surface area (Å²) in [5.41, 5.74) is -1.10. The summed E-state index contributed by atoms with van der Waals surface area (Å²) < 4.78 is 40.4. The lowest BCUT2D eigenvalue weighted by molar-refractivity contribution is -0.141. The van der Waals surface area contributed by atoms with Crippen molar-refractivity contribution in [3.8, 4) is 11.3 Å². The maximum absolute atomic E-state index is 13.1. The van der Waals surface area contributed by atoms with Gasteiger partial charge < -0.3 is 5.11 Å². The number of aromatic carboxylic acids is 1. The molecule has 0 radical (unpaired) electrons.